The summed E-state index contributed by atoms with van der Waals surface area (Å²) >= 11 is 0. The van der Waals surface area contributed by atoms with Gasteiger partial charge in [0.2, 0.25) is 0 Å². The van der Waals surface area contributed by atoms with E-state index in [4.69, 9.17) is 0 Å². The van der Waals surface area contributed by atoms with Gasteiger partial charge in [0, 0.05) is 0 Å². The zero-order valence-corrected chi connectivity index (χ0v) is 6.40. The van der Waals surface area contributed by atoms with Crippen LogP contribution in [0, 0.1) is 0 Å². The molecule has 0 aliphatic heterocycles. The highest BCUT2D eigenvalue weighted by molar-refractivity contribution is 5.81. The Morgan fingerprint density at radius 3 is 2.22 bits per heavy atom. The quantitative estimate of drug-likeness (QED) is 0.612. The van der Waals surface area contributed by atoms with E-state index in [1.54, 1.807) is 6.92 Å². The van der Waals surface area contributed by atoms with E-state index >= 15 is 0 Å². The molecule has 0 rings (SSSR count). The number of rotatable bonds is 4. The number of hydrogen-bond donors (Lipinski definition) is 1. The lowest BCUT2D eigenvalue weighted by atomic mass is 10.1. The Morgan fingerprint density at radius 2 is 2.11 bits per heavy atom. The molecule has 0 saturated carbocycles. The molecule has 0 saturated heterocycles. The second-order valence-electron chi connectivity index (χ2n) is 2.13. The van der Waals surface area contributed by atoms with Crippen LogP contribution < -0.4 is 5.32 Å². The molecule has 0 aromatic rings. The van der Waals surface area contributed by atoms with Crippen molar-refractivity contribution in [2.45, 2.75) is 33.2 Å². The largest absolute Gasteiger partial charge is 0.308 e. The summed E-state index contributed by atoms with van der Waals surface area (Å²) in [6.07, 6.45) is 0.892. The first kappa shape index (κ1) is 8.63. The van der Waals surface area contributed by atoms with Crippen LogP contribution in [0.5, 0.6) is 0 Å². The summed E-state index contributed by atoms with van der Waals surface area (Å²) < 4.78 is 0. The van der Waals surface area contributed by atoms with Crippen LogP contribution in [0.3, 0.4) is 0 Å². The molecule has 1 atom stereocenters. The summed E-state index contributed by atoms with van der Waals surface area (Å²) in [6.45, 7) is 6.51. The Hall–Kier alpha value is -0.370. The molecule has 1 N–H and O–H groups in total. The lowest BCUT2D eigenvalue weighted by molar-refractivity contribution is -0.119. The molecule has 2 heteroatoms. The van der Waals surface area contributed by atoms with Crippen molar-refractivity contribution in [3.8, 4) is 0 Å². The molecule has 1 unspecified atom stereocenters. The third kappa shape index (κ3) is 3.25. The Kier molecular flexibility index (Phi) is 4.32. The lowest BCUT2D eigenvalue weighted by Gasteiger charge is -2.10. The fourth-order valence-electron chi connectivity index (χ4n) is 0.822. The van der Waals surface area contributed by atoms with E-state index in [9.17, 15) is 4.79 Å². The number of carbonyl (C=O) groups excluding carboxylic acids is 1. The summed E-state index contributed by atoms with van der Waals surface area (Å²) in [5, 5.41) is 3.08. The van der Waals surface area contributed by atoms with Crippen molar-refractivity contribution < 1.29 is 4.79 Å². The van der Waals surface area contributed by atoms with Gasteiger partial charge in [-0.25, -0.2) is 0 Å². The molecule has 0 spiro atoms. The summed E-state index contributed by atoms with van der Waals surface area (Å²) in [6, 6.07) is 0.0787. The van der Waals surface area contributed by atoms with Crippen LogP contribution in [0.1, 0.15) is 27.2 Å². The van der Waals surface area contributed by atoms with Gasteiger partial charge in [0.05, 0.1) is 6.04 Å². The van der Waals surface area contributed by atoms with Gasteiger partial charge in [-0.15, -0.1) is 0 Å². The molecule has 0 aliphatic carbocycles. The molecule has 0 amide bonds. The highest BCUT2D eigenvalue weighted by atomic mass is 16.1. The van der Waals surface area contributed by atoms with Gasteiger partial charge in [-0.3, -0.25) is 4.79 Å². The second kappa shape index (κ2) is 4.50. The van der Waals surface area contributed by atoms with E-state index in [-0.39, 0.29) is 11.8 Å². The van der Waals surface area contributed by atoms with Gasteiger partial charge in [0.1, 0.15) is 5.78 Å². The Morgan fingerprint density at radius 1 is 1.56 bits per heavy atom. The molecule has 0 aliphatic rings. The van der Waals surface area contributed by atoms with E-state index in [0.717, 1.165) is 13.0 Å². The van der Waals surface area contributed by atoms with Crippen LogP contribution >= 0.6 is 0 Å². The first-order valence-electron chi connectivity index (χ1n) is 3.46. The van der Waals surface area contributed by atoms with Gasteiger partial charge < -0.3 is 5.32 Å². The standard InChI is InChI=1S/C7H15NO/c1-4-7(6(3)9)8-5-2/h7-8H,4-5H2,1-3H3. The number of nitrogens with one attached hydrogen (secondary N) is 1. The van der Waals surface area contributed by atoms with Crippen molar-refractivity contribution in [1.82, 2.24) is 5.32 Å². The maximum atomic E-state index is 10.7. The smallest absolute Gasteiger partial charge is 0.146 e. The van der Waals surface area contributed by atoms with Crippen LogP contribution in [-0.2, 0) is 4.79 Å². The molecule has 0 bridgehead atoms. The number of carbonyl (C=O) groups is 1. The molecule has 2 nitrogen and oxygen atoms in total. The maximum absolute atomic E-state index is 10.7. The van der Waals surface area contributed by atoms with E-state index < -0.39 is 0 Å². The normalized spacial score (nSPS) is 13.2. The molecule has 0 radical (unpaired) electrons. The Balaban J connectivity index is 3.54. The first-order valence-corrected chi connectivity index (χ1v) is 3.46. The summed E-state index contributed by atoms with van der Waals surface area (Å²) in [4.78, 5) is 10.7. The third-order valence-corrected chi connectivity index (χ3v) is 1.35. The number of likely N-dealkylation sites (N-methyl/N-ethyl adjacent to an activating group) is 1. The van der Waals surface area contributed by atoms with Gasteiger partial charge >= 0.3 is 0 Å². The first-order chi connectivity index (χ1) is 4.22. The van der Waals surface area contributed by atoms with E-state index in [2.05, 4.69) is 5.32 Å². The van der Waals surface area contributed by atoms with Crippen molar-refractivity contribution in [2.24, 2.45) is 0 Å². The number of hydrogen-bond acceptors (Lipinski definition) is 2. The van der Waals surface area contributed by atoms with Crippen LogP contribution in [0.15, 0.2) is 0 Å². The van der Waals surface area contributed by atoms with Crippen molar-refractivity contribution in [1.29, 1.82) is 0 Å². The second-order valence-corrected chi connectivity index (χ2v) is 2.13. The highest BCUT2D eigenvalue weighted by Gasteiger charge is 2.07. The van der Waals surface area contributed by atoms with Gasteiger partial charge in [0.25, 0.3) is 0 Å². The molecule has 54 valence electrons. The third-order valence-electron chi connectivity index (χ3n) is 1.35. The molecule has 0 aromatic carbocycles. The van der Waals surface area contributed by atoms with Crippen LogP contribution in [0.25, 0.3) is 0 Å². The zero-order valence-electron chi connectivity index (χ0n) is 6.40. The molecule has 9 heavy (non-hydrogen) atoms. The van der Waals surface area contributed by atoms with Crippen LogP contribution in [-0.4, -0.2) is 18.4 Å². The predicted octanol–water partition coefficient (Wildman–Crippen LogP) is 0.964. The minimum atomic E-state index is 0.0787. The molecule has 0 heterocycles. The minimum absolute atomic E-state index is 0.0787. The van der Waals surface area contributed by atoms with Crippen LogP contribution in [0.2, 0.25) is 0 Å². The Labute approximate surface area is 56.6 Å². The predicted molar refractivity (Wildman–Crippen MR) is 38.4 cm³/mol. The van der Waals surface area contributed by atoms with Crippen LogP contribution in [0.4, 0.5) is 0 Å². The summed E-state index contributed by atoms with van der Waals surface area (Å²) in [5.74, 6) is 0.236. The van der Waals surface area contributed by atoms with Crippen molar-refractivity contribution in [3.05, 3.63) is 0 Å². The monoisotopic (exact) mass is 129 g/mol. The highest BCUT2D eigenvalue weighted by Crippen LogP contribution is 1.90. The average Bonchev–Trinajstić information content (AvgIpc) is 1.82. The fourth-order valence-corrected chi connectivity index (χ4v) is 0.822. The molecule has 0 aromatic heterocycles. The van der Waals surface area contributed by atoms with Gasteiger partial charge in [-0.05, 0) is 19.9 Å². The fraction of sp³-hybridized carbons (Fsp3) is 0.857. The number of ketones is 1. The van der Waals surface area contributed by atoms with Crippen molar-refractivity contribution >= 4 is 5.78 Å². The van der Waals surface area contributed by atoms with Crippen molar-refractivity contribution in [2.75, 3.05) is 6.54 Å². The van der Waals surface area contributed by atoms with E-state index in [1.165, 1.54) is 0 Å². The maximum Gasteiger partial charge on any atom is 0.146 e. The summed E-state index contributed by atoms with van der Waals surface area (Å²) in [5.41, 5.74) is 0. The molecule has 0 fully saturated rings. The zero-order chi connectivity index (χ0) is 7.28. The number of Topliss-reactive ketones (excluding diaryl/α,β-unsaturated/α-hetero) is 1. The van der Waals surface area contributed by atoms with Crippen molar-refractivity contribution in [3.63, 3.8) is 0 Å². The van der Waals surface area contributed by atoms with E-state index in [1.807, 2.05) is 13.8 Å². The molecular weight excluding hydrogens is 114 g/mol. The SMILES string of the molecule is CCNC(CC)C(C)=O. The average molecular weight is 129 g/mol. The molecular formula is C7H15NO. The minimum Gasteiger partial charge on any atom is -0.308 e. The lowest BCUT2D eigenvalue weighted by Crippen LogP contribution is -2.34. The van der Waals surface area contributed by atoms with E-state index in [0.29, 0.717) is 0 Å². The van der Waals surface area contributed by atoms with Gasteiger partial charge in [-0.1, -0.05) is 13.8 Å². The summed E-state index contributed by atoms with van der Waals surface area (Å²) in [7, 11) is 0. The van der Waals surface area contributed by atoms with Gasteiger partial charge in [-0.2, -0.15) is 0 Å². The van der Waals surface area contributed by atoms with Gasteiger partial charge in [0.15, 0.2) is 0 Å². The Bertz CT molecular complexity index is 90.9. The topological polar surface area (TPSA) is 29.1 Å².